The van der Waals surface area contributed by atoms with Crippen LogP contribution in [0.1, 0.15) is 28.5 Å². The first kappa shape index (κ1) is 20.5. The molecular formula is C21H19ClFN3O3. The third-order valence-corrected chi connectivity index (χ3v) is 4.29. The van der Waals surface area contributed by atoms with Crippen molar-refractivity contribution in [1.29, 1.82) is 0 Å². The van der Waals surface area contributed by atoms with Gasteiger partial charge in [0.2, 0.25) is 0 Å². The fourth-order valence-corrected chi connectivity index (χ4v) is 2.87. The van der Waals surface area contributed by atoms with E-state index >= 15 is 0 Å². The summed E-state index contributed by atoms with van der Waals surface area (Å²) in [4.78, 5) is 20.4. The van der Waals surface area contributed by atoms with Gasteiger partial charge >= 0.3 is 5.97 Å². The Labute approximate surface area is 172 Å². The highest BCUT2D eigenvalue weighted by atomic mass is 35.5. The predicted molar refractivity (Wildman–Crippen MR) is 108 cm³/mol. The molecule has 150 valence electrons. The van der Waals surface area contributed by atoms with Crippen molar-refractivity contribution in [3.63, 3.8) is 0 Å². The summed E-state index contributed by atoms with van der Waals surface area (Å²) in [5.41, 5.74) is 2.06. The van der Waals surface area contributed by atoms with Crippen LogP contribution in [0.25, 0.3) is 0 Å². The lowest BCUT2D eigenvalue weighted by molar-refractivity contribution is 0.0525. The number of nitrogens with zero attached hydrogens (tertiary/aromatic N) is 2. The highest BCUT2D eigenvalue weighted by Gasteiger charge is 2.18. The SMILES string of the molecule is CCOC(=O)c1c(C)ncnc1Nc1ccc(OCc2cccc(F)c2)c(Cl)c1. The molecular weight excluding hydrogens is 397 g/mol. The average molecular weight is 416 g/mol. The third kappa shape index (κ3) is 5.20. The molecule has 0 amide bonds. The Morgan fingerprint density at radius 1 is 1.21 bits per heavy atom. The number of aryl methyl sites for hydroxylation is 1. The average Bonchev–Trinajstić information content (AvgIpc) is 2.68. The summed E-state index contributed by atoms with van der Waals surface area (Å²) in [5, 5.41) is 3.42. The van der Waals surface area contributed by atoms with Crippen LogP contribution < -0.4 is 10.1 Å². The number of carbonyl (C=O) groups excluding carboxylic acids is 1. The zero-order chi connectivity index (χ0) is 20.8. The first-order valence-corrected chi connectivity index (χ1v) is 9.28. The van der Waals surface area contributed by atoms with E-state index in [4.69, 9.17) is 21.1 Å². The highest BCUT2D eigenvalue weighted by Crippen LogP contribution is 2.30. The van der Waals surface area contributed by atoms with Crippen molar-refractivity contribution in [2.24, 2.45) is 0 Å². The Morgan fingerprint density at radius 3 is 2.76 bits per heavy atom. The standard InChI is InChI=1S/C21H19ClFN3O3/c1-3-28-21(27)19-13(2)24-12-25-20(19)26-16-7-8-18(17(22)10-16)29-11-14-5-4-6-15(23)9-14/h4-10,12H,3,11H2,1-2H3,(H,24,25,26). The van der Waals surface area contributed by atoms with E-state index in [9.17, 15) is 9.18 Å². The van der Waals surface area contributed by atoms with Gasteiger partial charge in [-0.2, -0.15) is 0 Å². The molecule has 0 fully saturated rings. The molecule has 8 heteroatoms. The second kappa shape index (κ2) is 9.34. The number of aromatic nitrogens is 2. The van der Waals surface area contributed by atoms with Gasteiger partial charge in [-0.1, -0.05) is 23.7 Å². The van der Waals surface area contributed by atoms with Crippen molar-refractivity contribution in [1.82, 2.24) is 9.97 Å². The Hall–Kier alpha value is -3.19. The molecule has 29 heavy (non-hydrogen) atoms. The maximum absolute atomic E-state index is 13.3. The summed E-state index contributed by atoms with van der Waals surface area (Å²) in [7, 11) is 0. The largest absolute Gasteiger partial charge is 0.487 e. The van der Waals surface area contributed by atoms with Crippen molar-refractivity contribution in [2.75, 3.05) is 11.9 Å². The molecule has 1 N–H and O–H groups in total. The van der Waals surface area contributed by atoms with Gasteiger partial charge in [-0.05, 0) is 49.7 Å². The molecule has 0 aliphatic heterocycles. The second-order valence-electron chi connectivity index (χ2n) is 6.09. The molecule has 0 saturated carbocycles. The molecule has 6 nitrogen and oxygen atoms in total. The summed E-state index contributed by atoms with van der Waals surface area (Å²) in [6.45, 7) is 3.86. The van der Waals surface area contributed by atoms with E-state index < -0.39 is 5.97 Å². The van der Waals surface area contributed by atoms with E-state index in [1.807, 2.05) is 0 Å². The second-order valence-corrected chi connectivity index (χ2v) is 6.50. The zero-order valence-corrected chi connectivity index (χ0v) is 16.7. The van der Waals surface area contributed by atoms with Gasteiger partial charge < -0.3 is 14.8 Å². The topological polar surface area (TPSA) is 73.3 Å². The van der Waals surface area contributed by atoms with Crippen LogP contribution in [0.4, 0.5) is 15.9 Å². The zero-order valence-electron chi connectivity index (χ0n) is 15.9. The quantitative estimate of drug-likeness (QED) is 0.542. The molecule has 2 aromatic carbocycles. The summed E-state index contributed by atoms with van der Waals surface area (Å²) in [6.07, 6.45) is 1.36. The third-order valence-electron chi connectivity index (χ3n) is 3.99. The van der Waals surface area contributed by atoms with Gasteiger partial charge in [0.1, 0.15) is 35.9 Å². The molecule has 0 radical (unpaired) electrons. The molecule has 0 unspecified atom stereocenters. The molecule has 1 aromatic heterocycles. The number of hydrogen-bond donors (Lipinski definition) is 1. The van der Waals surface area contributed by atoms with E-state index in [-0.39, 0.29) is 24.6 Å². The van der Waals surface area contributed by atoms with Crippen LogP contribution in [0.3, 0.4) is 0 Å². The van der Waals surface area contributed by atoms with Crippen LogP contribution in [0.15, 0.2) is 48.8 Å². The Balaban J connectivity index is 1.76. The lowest BCUT2D eigenvalue weighted by Crippen LogP contribution is -2.12. The smallest absolute Gasteiger partial charge is 0.343 e. The molecule has 3 aromatic rings. The maximum atomic E-state index is 13.3. The summed E-state index contributed by atoms with van der Waals surface area (Å²) < 4.78 is 24.0. The highest BCUT2D eigenvalue weighted by molar-refractivity contribution is 6.32. The number of ether oxygens (including phenoxy) is 2. The van der Waals surface area contributed by atoms with Gasteiger partial charge in [-0.15, -0.1) is 0 Å². The molecule has 0 aliphatic carbocycles. The molecule has 0 aliphatic rings. The molecule has 0 spiro atoms. The minimum Gasteiger partial charge on any atom is -0.487 e. The normalized spacial score (nSPS) is 10.5. The first-order valence-electron chi connectivity index (χ1n) is 8.90. The molecule has 0 saturated heterocycles. The van der Waals surface area contributed by atoms with Crippen molar-refractivity contribution in [2.45, 2.75) is 20.5 Å². The predicted octanol–water partition coefficient (Wildman–Crippen LogP) is 5.08. The van der Waals surface area contributed by atoms with Crippen LogP contribution >= 0.6 is 11.6 Å². The number of anilines is 2. The number of hydrogen-bond acceptors (Lipinski definition) is 6. The monoisotopic (exact) mass is 415 g/mol. The van der Waals surface area contributed by atoms with E-state index in [0.717, 1.165) is 0 Å². The van der Waals surface area contributed by atoms with Crippen LogP contribution in [-0.2, 0) is 11.3 Å². The van der Waals surface area contributed by atoms with Gasteiger partial charge in [-0.25, -0.2) is 19.2 Å². The maximum Gasteiger partial charge on any atom is 0.343 e. The van der Waals surface area contributed by atoms with Gasteiger partial charge in [0.05, 0.1) is 17.3 Å². The molecule has 0 atom stereocenters. The number of rotatable bonds is 7. The van der Waals surface area contributed by atoms with Crippen molar-refractivity contribution in [3.05, 3.63) is 76.5 Å². The molecule has 3 rings (SSSR count). The summed E-state index contributed by atoms with van der Waals surface area (Å²) in [5.74, 6) is -0.0602. The van der Waals surface area contributed by atoms with Crippen LogP contribution in [0.5, 0.6) is 5.75 Å². The minimum atomic E-state index is -0.505. The summed E-state index contributed by atoms with van der Waals surface area (Å²) in [6, 6.07) is 11.2. The van der Waals surface area contributed by atoms with Crippen LogP contribution in [0, 0.1) is 12.7 Å². The number of esters is 1. The number of halogens is 2. The van der Waals surface area contributed by atoms with E-state index in [1.165, 1.54) is 18.5 Å². The Morgan fingerprint density at radius 2 is 2.03 bits per heavy atom. The lowest BCUT2D eigenvalue weighted by atomic mass is 10.2. The number of benzene rings is 2. The van der Waals surface area contributed by atoms with Crippen LogP contribution in [0.2, 0.25) is 5.02 Å². The van der Waals surface area contributed by atoms with Crippen molar-refractivity contribution >= 4 is 29.1 Å². The van der Waals surface area contributed by atoms with Crippen molar-refractivity contribution < 1.29 is 18.7 Å². The first-order chi connectivity index (χ1) is 14.0. The van der Waals surface area contributed by atoms with Gasteiger partial charge in [0.15, 0.2) is 0 Å². The Kier molecular flexibility index (Phi) is 6.61. The summed E-state index contributed by atoms with van der Waals surface area (Å²) >= 11 is 6.31. The fourth-order valence-electron chi connectivity index (χ4n) is 2.64. The van der Waals surface area contributed by atoms with Gasteiger partial charge in [0.25, 0.3) is 0 Å². The minimum absolute atomic E-state index is 0.183. The Bertz CT molecular complexity index is 1030. The van der Waals surface area contributed by atoms with Gasteiger partial charge in [0, 0.05) is 5.69 Å². The fraction of sp³-hybridized carbons (Fsp3) is 0.190. The van der Waals surface area contributed by atoms with Gasteiger partial charge in [-0.3, -0.25) is 0 Å². The van der Waals surface area contributed by atoms with E-state index in [1.54, 1.807) is 44.2 Å². The van der Waals surface area contributed by atoms with Crippen molar-refractivity contribution in [3.8, 4) is 5.75 Å². The lowest BCUT2D eigenvalue weighted by Gasteiger charge is -2.13. The number of carbonyl (C=O) groups is 1. The van der Waals surface area contributed by atoms with E-state index in [0.29, 0.717) is 33.5 Å². The van der Waals surface area contributed by atoms with E-state index in [2.05, 4.69) is 15.3 Å². The number of nitrogens with one attached hydrogen (secondary N) is 1. The molecule has 1 heterocycles. The molecule has 0 bridgehead atoms. The van der Waals surface area contributed by atoms with Crippen LogP contribution in [-0.4, -0.2) is 22.5 Å².